The van der Waals surface area contributed by atoms with E-state index < -0.39 is 11.9 Å². The molecule has 2 saturated heterocycles. The van der Waals surface area contributed by atoms with E-state index in [9.17, 15) is 19.2 Å². The van der Waals surface area contributed by atoms with Crippen LogP contribution in [0.1, 0.15) is 116 Å². The van der Waals surface area contributed by atoms with E-state index in [-0.39, 0.29) is 45.9 Å². The van der Waals surface area contributed by atoms with Gasteiger partial charge in [0.05, 0.1) is 24.2 Å². The Kier molecular flexibility index (Phi) is 9.07. The predicted octanol–water partition coefficient (Wildman–Crippen LogP) is 5.22. The highest BCUT2D eigenvalue weighted by molar-refractivity contribution is 5.93. The molecule has 0 bridgehead atoms. The van der Waals surface area contributed by atoms with Gasteiger partial charge in [-0.25, -0.2) is 9.59 Å². The molecule has 2 heterocycles. The molecule has 0 aromatic heterocycles. The van der Waals surface area contributed by atoms with Gasteiger partial charge in [-0.05, 0) is 93.5 Å². The van der Waals surface area contributed by atoms with Crippen LogP contribution < -0.4 is 0 Å². The van der Waals surface area contributed by atoms with Gasteiger partial charge < -0.3 is 9.47 Å². The number of esters is 2. The van der Waals surface area contributed by atoms with Crippen molar-refractivity contribution in [3.05, 3.63) is 35.4 Å². The third kappa shape index (κ3) is 7.38. The lowest BCUT2D eigenvalue weighted by Crippen LogP contribution is -2.63. The Morgan fingerprint density at radius 3 is 1.07 bits per heavy atom. The van der Waals surface area contributed by atoms with Crippen molar-refractivity contribution in [3.8, 4) is 0 Å². The number of hydrogen-bond acceptors (Lipinski definition) is 8. The summed E-state index contributed by atoms with van der Waals surface area (Å²) in [5, 5.41) is 0. The molecule has 0 amide bonds. The normalized spacial score (nSPS) is 22.9. The van der Waals surface area contributed by atoms with E-state index in [1.54, 1.807) is 38.1 Å². The molecule has 0 radical (unpaired) electrons. The topological polar surface area (TPSA) is 93.2 Å². The smallest absolute Gasteiger partial charge is 0.338 e. The van der Waals surface area contributed by atoms with Crippen molar-refractivity contribution in [3.63, 3.8) is 0 Å². The van der Waals surface area contributed by atoms with Crippen molar-refractivity contribution in [2.75, 3.05) is 13.1 Å². The molecule has 8 heteroatoms. The third-order valence-electron chi connectivity index (χ3n) is 8.50. The van der Waals surface area contributed by atoms with Crippen LogP contribution in [0.3, 0.4) is 0 Å². The Balaban J connectivity index is 1.63. The van der Waals surface area contributed by atoms with Gasteiger partial charge in [0.25, 0.3) is 0 Å². The van der Waals surface area contributed by atoms with E-state index in [1.165, 1.54) is 0 Å². The second kappa shape index (κ2) is 11.4. The summed E-state index contributed by atoms with van der Waals surface area (Å²) in [5.41, 5.74) is -0.486. The van der Waals surface area contributed by atoms with Crippen molar-refractivity contribution in [2.24, 2.45) is 0 Å². The molecule has 8 nitrogen and oxygen atoms in total. The highest BCUT2D eigenvalue weighted by atomic mass is 16.5. The predicted molar refractivity (Wildman–Crippen MR) is 154 cm³/mol. The molecule has 1 aromatic rings. The lowest BCUT2D eigenvalue weighted by Gasteiger charge is -2.54. The Morgan fingerprint density at radius 1 is 0.600 bits per heavy atom. The molecule has 3 rings (SSSR count). The molecule has 40 heavy (non-hydrogen) atoms. The van der Waals surface area contributed by atoms with Gasteiger partial charge in [0.2, 0.25) is 0 Å². The SMILES string of the molecule is CC(=O)CN1C(C)(C)CC(OC(=O)c2ccc(C(=O)OC3CC(C)(C)N(CC(C)=O)C(C)(C)C3)cc2)CC1(C)C. The van der Waals surface area contributed by atoms with Crippen LogP contribution in [-0.4, -0.2) is 80.8 Å². The van der Waals surface area contributed by atoms with Crippen LogP contribution in [0.15, 0.2) is 24.3 Å². The van der Waals surface area contributed by atoms with E-state index in [0.717, 1.165) is 0 Å². The van der Waals surface area contributed by atoms with Crippen LogP contribution in [0, 0.1) is 0 Å². The zero-order valence-corrected chi connectivity index (χ0v) is 26.1. The van der Waals surface area contributed by atoms with E-state index in [2.05, 4.69) is 65.2 Å². The lowest BCUT2D eigenvalue weighted by molar-refractivity contribution is -0.129. The number of piperidine rings is 2. The summed E-state index contributed by atoms with van der Waals surface area (Å²) in [7, 11) is 0. The maximum atomic E-state index is 13.0. The number of rotatable bonds is 8. The largest absolute Gasteiger partial charge is 0.459 e. The van der Waals surface area contributed by atoms with Gasteiger partial charge in [-0.1, -0.05) is 0 Å². The quantitative estimate of drug-likeness (QED) is 0.403. The van der Waals surface area contributed by atoms with Crippen molar-refractivity contribution in [1.82, 2.24) is 9.80 Å². The molecule has 2 fully saturated rings. The third-order valence-corrected chi connectivity index (χ3v) is 8.50. The number of benzene rings is 1. The molecule has 1 aromatic carbocycles. The molecule has 0 unspecified atom stereocenters. The van der Waals surface area contributed by atoms with Crippen molar-refractivity contribution >= 4 is 23.5 Å². The standard InChI is InChI=1S/C32H48N2O6/c1-21(35)19-33-29(3,4)15-25(16-30(33,5)6)39-27(37)23-11-13-24(14-12-23)28(38)40-26-17-31(7,8)34(20-22(2)36)32(9,10)18-26/h11-14,25-26H,15-20H2,1-10H3. The Labute approximate surface area is 239 Å². The van der Waals surface area contributed by atoms with E-state index in [4.69, 9.17) is 9.47 Å². The summed E-state index contributed by atoms with van der Waals surface area (Å²) in [4.78, 5) is 54.1. The highest BCUT2D eigenvalue weighted by Crippen LogP contribution is 2.41. The summed E-state index contributed by atoms with van der Waals surface area (Å²) < 4.78 is 11.8. The summed E-state index contributed by atoms with van der Waals surface area (Å²) in [5.74, 6) is -0.641. The Hall–Kier alpha value is -2.58. The monoisotopic (exact) mass is 556 g/mol. The number of likely N-dealkylation sites (tertiary alicyclic amines) is 2. The van der Waals surface area contributed by atoms with Crippen LogP contribution in [0.4, 0.5) is 0 Å². The van der Waals surface area contributed by atoms with Crippen molar-refractivity contribution in [1.29, 1.82) is 0 Å². The molecule has 0 aliphatic carbocycles. The van der Waals surface area contributed by atoms with E-state index in [0.29, 0.717) is 49.9 Å². The van der Waals surface area contributed by atoms with Gasteiger partial charge in [0, 0.05) is 47.8 Å². The molecule has 0 saturated carbocycles. The van der Waals surface area contributed by atoms with Gasteiger partial charge in [0.15, 0.2) is 0 Å². The first kappa shape index (κ1) is 31.9. The van der Waals surface area contributed by atoms with Crippen LogP contribution >= 0.6 is 0 Å². The number of Topliss-reactive ketones (excluding diaryl/α,β-unsaturated/α-hetero) is 2. The minimum atomic E-state index is -0.433. The fourth-order valence-electron chi connectivity index (χ4n) is 7.10. The van der Waals surface area contributed by atoms with E-state index >= 15 is 0 Å². The zero-order chi connectivity index (χ0) is 30.3. The minimum Gasteiger partial charge on any atom is -0.459 e. The van der Waals surface area contributed by atoms with Gasteiger partial charge >= 0.3 is 11.9 Å². The molecule has 0 spiro atoms. The highest BCUT2D eigenvalue weighted by Gasteiger charge is 2.48. The summed E-state index contributed by atoms with van der Waals surface area (Å²) in [6.45, 7) is 20.5. The van der Waals surface area contributed by atoms with Crippen LogP contribution in [0.25, 0.3) is 0 Å². The first-order valence-electron chi connectivity index (χ1n) is 14.3. The van der Waals surface area contributed by atoms with Gasteiger partial charge in [-0.3, -0.25) is 19.4 Å². The second-order valence-corrected chi connectivity index (χ2v) is 14.3. The number of ether oxygens (including phenoxy) is 2. The van der Waals surface area contributed by atoms with Crippen LogP contribution in [0.2, 0.25) is 0 Å². The van der Waals surface area contributed by atoms with E-state index in [1.807, 2.05) is 0 Å². The van der Waals surface area contributed by atoms with Gasteiger partial charge in [-0.15, -0.1) is 0 Å². The molecule has 222 valence electrons. The molecular weight excluding hydrogens is 508 g/mol. The molecule has 2 aliphatic rings. The number of nitrogens with zero attached hydrogens (tertiary/aromatic N) is 2. The average Bonchev–Trinajstić information content (AvgIpc) is 2.77. The molecular formula is C32H48N2O6. The fraction of sp³-hybridized carbons (Fsp3) is 0.688. The van der Waals surface area contributed by atoms with Crippen molar-refractivity contribution < 1.29 is 28.7 Å². The summed E-state index contributed by atoms with van der Waals surface area (Å²) in [6, 6.07) is 6.40. The van der Waals surface area contributed by atoms with Crippen LogP contribution in [0.5, 0.6) is 0 Å². The first-order chi connectivity index (χ1) is 18.2. The number of carbonyl (C=O) groups is 4. The summed E-state index contributed by atoms with van der Waals surface area (Å²) >= 11 is 0. The van der Waals surface area contributed by atoms with Crippen molar-refractivity contribution in [2.45, 2.75) is 129 Å². The Morgan fingerprint density at radius 2 is 0.850 bits per heavy atom. The first-order valence-corrected chi connectivity index (χ1v) is 14.3. The molecule has 2 aliphatic heterocycles. The number of carbonyl (C=O) groups excluding carboxylic acids is 4. The second-order valence-electron chi connectivity index (χ2n) is 14.3. The Bertz CT molecular complexity index is 1010. The van der Waals surface area contributed by atoms with Crippen LogP contribution in [-0.2, 0) is 19.1 Å². The minimum absolute atomic E-state index is 0.112. The number of ketones is 2. The maximum absolute atomic E-state index is 13.0. The zero-order valence-electron chi connectivity index (χ0n) is 26.1. The van der Waals surface area contributed by atoms with Gasteiger partial charge in [-0.2, -0.15) is 0 Å². The van der Waals surface area contributed by atoms with Gasteiger partial charge in [0.1, 0.15) is 23.8 Å². The molecule has 0 atom stereocenters. The molecule has 0 N–H and O–H groups in total. The maximum Gasteiger partial charge on any atom is 0.338 e. The number of hydrogen-bond donors (Lipinski definition) is 0. The summed E-state index contributed by atoms with van der Waals surface area (Å²) in [6.07, 6.45) is 1.92. The average molecular weight is 557 g/mol. The lowest BCUT2D eigenvalue weighted by atomic mass is 9.78. The fourth-order valence-corrected chi connectivity index (χ4v) is 7.10.